The second kappa shape index (κ2) is 9.48. The monoisotopic (exact) mass is 189 g/mol. The van der Waals surface area contributed by atoms with Crippen LogP contribution in [0.15, 0.2) is 0 Å². The predicted octanol–water partition coefficient (Wildman–Crippen LogP) is 0.913. The lowest BCUT2D eigenvalue weighted by Crippen LogP contribution is -2.17. The SMILES string of the molecule is CCOCOCCCCC(=O)NC. The standard InChI is InChI=1S/C9H19NO3/c1-3-12-8-13-7-5-4-6-9(11)10-2/h3-8H2,1-2H3,(H,10,11). The molecule has 0 saturated heterocycles. The highest BCUT2D eigenvalue weighted by atomic mass is 16.7. The van der Waals surface area contributed by atoms with Gasteiger partial charge in [-0.3, -0.25) is 4.79 Å². The molecule has 0 atom stereocenters. The quantitative estimate of drug-likeness (QED) is 0.456. The van der Waals surface area contributed by atoms with Crippen molar-refractivity contribution in [2.75, 3.05) is 27.1 Å². The van der Waals surface area contributed by atoms with E-state index in [1.807, 2.05) is 6.92 Å². The zero-order valence-electron chi connectivity index (χ0n) is 8.47. The number of amides is 1. The van der Waals surface area contributed by atoms with Crippen molar-refractivity contribution in [2.24, 2.45) is 0 Å². The Balaban J connectivity index is 2.95. The molecule has 0 aliphatic heterocycles. The van der Waals surface area contributed by atoms with Crippen molar-refractivity contribution >= 4 is 5.91 Å². The first-order chi connectivity index (χ1) is 6.31. The lowest BCUT2D eigenvalue weighted by Gasteiger charge is -2.03. The molecule has 0 radical (unpaired) electrons. The van der Waals surface area contributed by atoms with Gasteiger partial charge in [-0.05, 0) is 19.8 Å². The second-order valence-corrected chi connectivity index (χ2v) is 2.65. The van der Waals surface area contributed by atoms with Gasteiger partial charge in [-0.1, -0.05) is 0 Å². The molecule has 4 heteroatoms. The number of unbranched alkanes of at least 4 members (excludes halogenated alkanes) is 1. The maximum Gasteiger partial charge on any atom is 0.219 e. The molecule has 0 unspecified atom stereocenters. The third kappa shape index (κ3) is 9.30. The van der Waals surface area contributed by atoms with Crippen LogP contribution >= 0.6 is 0 Å². The lowest BCUT2D eigenvalue weighted by atomic mass is 10.2. The Hall–Kier alpha value is -0.610. The molecule has 0 heterocycles. The van der Waals surface area contributed by atoms with E-state index < -0.39 is 0 Å². The third-order valence-electron chi connectivity index (χ3n) is 1.59. The van der Waals surface area contributed by atoms with Crippen LogP contribution in [0.4, 0.5) is 0 Å². The molecule has 0 aromatic heterocycles. The van der Waals surface area contributed by atoms with E-state index in [9.17, 15) is 4.79 Å². The van der Waals surface area contributed by atoms with Crippen molar-refractivity contribution in [1.29, 1.82) is 0 Å². The van der Waals surface area contributed by atoms with E-state index in [-0.39, 0.29) is 5.91 Å². The third-order valence-corrected chi connectivity index (χ3v) is 1.59. The zero-order valence-corrected chi connectivity index (χ0v) is 8.47. The van der Waals surface area contributed by atoms with Crippen LogP contribution in [0, 0.1) is 0 Å². The van der Waals surface area contributed by atoms with Gasteiger partial charge in [0.25, 0.3) is 0 Å². The van der Waals surface area contributed by atoms with Crippen molar-refractivity contribution in [3.05, 3.63) is 0 Å². The predicted molar refractivity (Wildman–Crippen MR) is 50.4 cm³/mol. The van der Waals surface area contributed by atoms with E-state index in [4.69, 9.17) is 9.47 Å². The highest BCUT2D eigenvalue weighted by molar-refractivity contribution is 5.75. The van der Waals surface area contributed by atoms with Crippen molar-refractivity contribution in [3.8, 4) is 0 Å². The van der Waals surface area contributed by atoms with E-state index >= 15 is 0 Å². The molecule has 0 aliphatic carbocycles. The Morgan fingerprint density at radius 2 is 2.08 bits per heavy atom. The summed E-state index contributed by atoms with van der Waals surface area (Å²) < 4.78 is 10.1. The number of nitrogens with one attached hydrogen (secondary N) is 1. The van der Waals surface area contributed by atoms with E-state index in [0.717, 1.165) is 12.8 Å². The highest BCUT2D eigenvalue weighted by Crippen LogP contribution is 1.95. The molecule has 1 amide bonds. The molecule has 0 saturated carbocycles. The van der Waals surface area contributed by atoms with E-state index in [1.165, 1.54) is 0 Å². The fourth-order valence-electron chi connectivity index (χ4n) is 0.816. The first-order valence-electron chi connectivity index (χ1n) is 4.67. The van der Waals surface area contributed by atoms with Gasteiger partial charge in [-0.25, -0.2) is 0 Å². The smallest absolute Gasteiger partial charge is 0.219 e. The summed E-state index contributed by atoms with van der Waals surface area (Å²) in [5.74, 6) is 0.0878. The second-order valence-electron chi connectivity index (χ2n) is 2.65. The Bertz CT molecular complexity index is 128. The molecule has 13 heavy (non-hydrogen) atoms. The summed E-state index contributed by atoms with van der Waals surface area (Å²) in [6.45, 7) is 3.63. The van der Waals surface area contributed by atoms with Crippen LogP contribution in [0.3, 0.4) is 0 Å². The average molecular weight is 189 g/mol. The Morgan fingerprint density at radius 3 is 2.69 bits per heavy atom. The Kier molecular flexibility index (Phi) is 9.03. The maximum absolute atomic E-state index is 10.8. The van der Waals surface area contributed by atoms with E-state index in [1.54, 1.807) is 7.05 Å². The van der Waals surface area contributed by atoms with Crippen molar-refractivity contribution < 1.29 is 14.3 Å². The minimum absolute atomic E-state index is 0.0878. The average Bonchev–Trinajstić information content (AvgIpc) is 2.16. The molecule has 0 rings (SSSR count). The molecule has 0 fully saturated rings. The Morgan fingerprint density at radius 1 is 1.31 bits per heavy atom. The van der Waals surface area contributed by atoms with Crippen LogP contribution < -0.4 is 5.32 Å². The number of rotatable bonds is 8. The number of hydrogen-bond donors (Lipinski definition) is 1. The maximum atomic E-state index is 10.8. The number of carbonyl (C=O) groups excluding carboxylic acids is 1. The summed E-state index contributed by atoms with van der Waals surface area (Å²) >= 11 is 0. The summed E-state index contributed by atoms with van der Waals surface area (Å²) in [7, 11) is 1.65. The van der Waals surface area contributed by atoms with Gasteiger partial charge in [-0.2, -0.15) is 0 Å². The van der Waals surface area contributed by atoms with E-state index in [2.05, 4.69) is 5.32 Å². The van der Waals surface area contributed by atoms with Crippen LogP contribution in [-0.4, -0.2) is 33.0 Å². The van der Waals surface area contributed by atoms with Gasteiger partial charge in [0, 0.05) is 26.7 Å². The number of hydrogen-bond acceptors (Lipinski definition) is 3. The number of ether oxygens (including phenoxy) is 2. The molecular weight excluding hydrogens is 170 g/mol. The first kappa shape index (κ1) is 12.4. The largest absolute Gasteiger partial charge is 0.359 e. The molecule has 0 aromatic rings. The lowest BCUT2D eigenvalue weighted by molar-refractivity contribution is -0.120. The summed E-state index contributed by atoms with van der Waals surface area (Å²) in [4.78, 5) is 10.8. The minimum atomic E-state index is 0.0878. The van der Waals surface area contributed by atoms with Gasteiger partial charge in [0.1, 0.15) is 6.79 Å². The molecule has 0 bridgehead atoms. The Labute approximate surface area is 79.6 Å². The van der Waals surface area contributed by atoms with Crippen LogP contribution in [0.5, 0.6) is 0 Å². The van der Waals surface area contributed by atoms with Gasteiger partial charge in [0.15, 0.2) is 0 Å². The van der Waals surface area contributed by atoms with Crippen molar-refractivity contribution in [2.45, 2.75) is 26.2 Å². The summed E-state index contributed by atoms with van der Waals surface area (Å²) in [5.41, 5.74) is 0. The van der Waals surface area contributed by atoms with Crippen molar-refractivity contribution in [1.82, 2.24) is 5.32 Å². The number of carbonyl (C=O) groups is 1. The van der Waals surface area contributed by atoms with Gasteiger partial charge in [-0.15, -0.1) is 0 Å². The first-order valence-corrected chi connectivity index (χ1v) is 4.67. The van der Waals surface area contributed by atoms with Gasteiger partial charge < -0.3 is 14.8 Å². The van der Waals surface area contributed by atoms with Crippen LogP contribution in [0.25, 0.3) is 0 Å². The van der Waals surface area contributed by atoms with Gasteiger partial charge >= 0.3 is 0 Å². The topological polar surface area (TPSA) is 47.6 Å². The molecular formula is C9H19NO3. The summed E-state index contributed by atoms with van der Waals surface area (Å²) in [5, 5.41) is 2.57. The van der Waals surface area contributed by atoms with Crippen LogP contribution in [0.2, 0.25) is 0 Å². The van der Waals surface area contributed by atoms with Gasteiger partial charge in [0.05, 0.1) is 0 Å². The molecule has 4 nitrogen and oxygen atoms in total. The summed E-state index contributed by atoms with van der Waals surface area (Å²) in [6, 6.07) is 0. The highest BCUT2D eigenvalue weighted by Gasteiger charge is 1.96. The van der Waals surface area contributed by atoms with Crippen molar-refractivity contribution in [3.63, 3.8) is 0 Å². The fraction of sp³-hybridized carbons (Fsp3) is 0.889. The molecule has 0 aliphatic rings. The molecule has 1 N–H and O–H groups in total. The van der Waals surface area contributed by atoms with E-state index in [0.29, 0.717) is 26.4 Å². The molecule has 0 spiro atoms. The summed E-state index contributed by atoms with van der Waals surface area (Å²) in [6.07, 6.45) is 2.35. The molecule has 0 aromatic carbocycles. The van der Waals surface area contributed by atoms with Gasteiger partial charge in [0.2, 0.25) is 5.91 Å². The fourth-order valence-corrected chi connectivity index (χ4v) is 0.816. The zero-order chi connectivity index (χ0) is 9.94. The molecule has 78 valence electrons. The normalized spacial score (nSPS) is 10.0. The van der Waals surface area contributed by atoms with Crippen LogP contribution in [0.1, 0.15) is 26.2 Å². The van der Waals surface area contributed by atoms with Crippen LogP contribution in [-0.2, 0) is 14.3 Å². The minimum Gasteiger partial charge on any atom is -0.359 e.